The average Bonchev–Trinajstić information content (AvgIpc) is 3.17. The molecule has 1 amide bonds. The highest BCUT2D eigenvalue weighted by Gasteiger charge is 2.25. The van der Waals surface area contributed by atoms with Crippen LogP contribution >= 0.6 is 22.6 Å². The summed E-state index contributed by atoms with van der Waals surface area (Å²) in [6.07, 6.45) is 3.76. The molecule has 1 fully saturated rings. The summed E-state index contributed by atoms with van der Waals surface area (Å²) in [6.45, 7) is 2.36. The lowest BCUT2D eigenvalue weighted by molar-refractivity contribution is 0.0659. The fourth-order valence-electron chi connectivity index (χ4n) is 5.60. The van der Waals surface area contributed by atoms with E-state index in [0.717, 1.165) is 64.0 Å². The number of carbonyl (C=O) groups excluding carboxylic acids is 1. The smallest absolute Gasteiger partial charge is 0.253 e. The maximum absolute atomic E-state index is 14.9. The molecule has 2 aliphatic heterocycles. The number of likely N-dealkylation sites (tertiary alicyclic amines) is 1. The number of anilines is 2. The maximum Gasteiger partial charge on any atom is 0.253 e. The molecule has 1 aromatic heterocycles. The van der Waals surface area contributed by atoms with Gasteiger partial charge in [-0.15, -0.1) is 0 Å². The number of amides is 1. The highest BCUT2D eigenvalue weighted by atomic mass is 127. The van der Waals surface area contributed by atoms with Gasteiger partial charge in [-0.25, -0.2) is 14.4 Å². The van der Waals surface area contributed by atoms with Crippen LogP contribution in [0.5, 0.6) is 0 Å². The largest absolute Gasteiger partial charge is 0.339 e. The Morgan fingerprint density at radius 2 is 1.81 bits per heavy atom. The van der Waals surface area contributed by atoms with E-state index in [1.165, 1.54) is 6.07 Å². The minimum absolute atomic E-state index is 0.0329. The van der Waals surface area contributed by atoms with E-state index in [-0.39, 0.29) is 17.8 Å². The average molecular weight is 675 g/mol. The number of carbonyl (C=O) groups is 1. The van der Waals surface area contributed by atoms with Crippen LogP contribution in [0.15, 0.2) is 77.9 Å². The number of nitrogens with one attached hydrogen (secondary N) is 1. The van der Waals surface area contributed by atoms with E-state index in [9.17, 15) is 9.18 Å². The molecular formula is C33H32FIN6O. The number of benzene rings is 3. The quantitative estimate of drug-likeness (QED) is 0.187. The van der Waals surface area contributed by atoms with Crippen LogP contribution in [-0.4, -0.2) is 64.6 Å². The third-order valence-corrected chi connectivity index (χ3v) is 8.97. The lowest BCUT2D eigenvalue weighted by Crippen LogP contribution is -2.44. The van der Waals surface area contributed by atoms with Crippen molar-refractivity contribution in [2.24, 2.45) is 4.99 Å². The Kier molecular flexibility index (Phi) is 8.30. The molecule has 214 valence electrons. The van der Waals surface area contributed by atoms with E-state index in [2.05, 4.69) is 57.0 Å². The van der Waals surface area contributed by atoms with E-state index in [1.54, 1.807) is 18.3 Å². The molecule has 1 N–H and O–H groups in total. The summed E-state index contributed by atoms with van der Waals surface area (Å²) < 4.78 is 15.7. The number of nitrogens with zero attached hydrogens (tertiary/aromatic N) is 5. The number of alkyl halides is 1. The number of fused-ring (bicyclic) bond motifs is 3. The lowest BCUT2D eigenvalue weighted by Gasteiger charge is -2.35. The molecule has 0 unspecified atom stereocenters. The number of aromatic nitrogens is 2. The van der Waals surface area contributed by atoms with Gasteiger partial charge in [-0.3, -0.25) is 9.79 Å². The fourth-order valence-corrected chi connectivity index (χ4v) is 6.08. The zero-order valence-electron chi connectivity index (χ0n) is 23.6. The van der Waals surface area contributed by atoms with E-state index in [4.69, 9.17) is 9.98 Å². The molecule has 1 saturated heterocycles. The Hall–Kier alpha value is -3.70. The maximum atomic E-state index is 14.9. The highest BCUT2D eigenvalue weighted by molar-refractivity contribution is 14.1. The molecule has 0 aliphatic carbocycles. The van der Waals surface area contributed by atoms with Gasteiger partial charge in [-0.2, -0.15) is 0 Å². The Morgan fingerprint density at radius 1 is 1.05 bits per heavy atom. The van der Waals surface area contributed by atoms with Gasteiger partial charge in [-0.1, -0.05) is 46.9 Å². The van der Waals surface area contributed by atoms with Crippen LogP contribution in [0.1, 0.15) is 45.5 Å². The normalized spacial score (nSPS) is 15.3. The monoisotopic (exact) mass is 674 g/mol. The number of rotatable bonds is 6. The van der Waals surface area contributed by atoms with Crippen LogP contribution in [0, 0.1) is 5.82 Å². The third-order valence-electron chi connectivity index (χ3n) is 8.09. The highest BCUT2D eigenvalue weighted by Crippen LogP contribution is 2.34. The molecule has 0 spiro atoms. The summed E-state index contributed by atoms with van der Waals surface area (Å²) in [5.74, 6) is 0.168. The van der Waals surface area contributed by atoms with Crippen molar-refractivity contribution in [2.75, 3.05) is 32.5 Å². The first kappa shape index (κ1) is 28.4. The van der Waals surface area contributed by atoms with Gasteiger partial charge in [0, 0.05) is 57.2 Å². The van der Waals surface area contributed by atoms with E-state index >= 15 is 0 Å². The van der Waals surface area contributed by atoms with E-state index in [0.29, 0.717) is 29.3 Å². The molecule has 6 rings (SSSR count). The molecule has 9 heteroatoms. The second-order valence-corrected chi connectivity index (χ2v) is 11.6. The molecule has 7 nitrogen and oxygen atoms in total. The predicted molar refractivity (Wildman–Crippen MR) is 173 cm³/mol. The molecule has 4 aromatic rings. The number of aliphatic imine (C=N–C) groups is 1. The Bertz CT molecular complexity index is 1650. The Labute approximate surface area is 259 Å². The molecule has 42 heavy (non-hydrogen) atoms. The summed E-state index contributed by atoms with van der Waals surface area (Å²) >= 11 is 2.33. The van der Waals surface area contributed by atoms with Crippen LogP contribution < -0.4 is 5.32 Å². The van der Waals surface area contributed by atoms with E-state index in [1.807, 2.05) is 48.3 Å². The molecule has 0 atom stereocenters. The van der Waals surface area contributed by atoms with Crippen molar-refractivity contribution in [3.8, 4) is 11.3 Å². The number of hydrogen-bond donors (Lipinski definition) is 1. The second-order valence-electron chi connectivity index (χ2n) is 10.9. The summed E-state index contributed by atoms with van der Waals surface area (Å²) in [5, 5.41) is 3.29. The molecule has 0 saturated carbocycles. The summed E-state index contributed by atoms with van der Waals surface area (Å²) in [6, 6.07) is 20.7. The van der Waals surface area contributed by atoms with Crippen LogP contribution in [0.4, 0.5) is 16.0 Å². The van der Waals surface area contributed by atoms with Crippen LogP contribution in [0.2, 0.25) is 0 Å². The van der Waals surface area contributed by atoms with Gasteiger partial charge in [-0.05, 0) is 81.0 Å². The van der Waals surface area contributed by atoms with Crippen molar-refractivity contribution in [3.63, 3.8) is 0 Å². The van der Waals surface area contributed by atoms with Crippen LogP contribution in [0.3, 0.4) is 0 Å². The van der Waals surface area contributed by atoms with Gasteiger partial charge >= 0.3 is 0 Å². The van der Waals surface area contributed by atoms with Crippen molar-refractivity contribution in [3.05, 3.63) is 107 Å². The third kappa shape index (κ3) is 5.80. The van der Waals surface area contributed by atoms with Gasteiger partial charge in [0.25, 0.3) is 5.91 Å². The van der Waals surface area contributed by atoms with Crippen molar-refractivity contribution >= 4 is 45.8 Å². The molecule has 0 bridgehead atoms. The predicted octanol–water partition coefficient (Wildman–Crippen LogP) is 6.48. The van der Waals surface area contributed by atoms with Crippen LogP contribution in [-0.2, 0) is 11.0 Å². The van der Waals surface area contributed by atoms with Gasteiger partial charge in [0.15, 0.2) is 0 Å². The minimum Gasteiger partial charge on any atom is -0.339 e. The Morgan fingerprint density at radius 3 is 2.55 bits per heavy atom. The van der Waals surface area contributed by atoms with Crippen molar-refractivity contribution in [1.82, 2.24) is 19.8 Å². The summed E-state index contributed by atoms with van der Waals surface area (Å²) in [5.41, 5.74) is 7.04. The topological polar surface area (TPSA) is 73.7 Å². The molecule has 2 aliphatic rings. The number of hydrogen-bond acceptors (Lipinski definition) is 6. The van der Waals surface area contributed by atoms with Gasteiger partial charge in [0.05, 0.1) is 18.0 Å². The van der Waals surface area contributed by atoms with Crippen molar-refractivity contribution in [1.29, 1.82) is 0 Å². The first-order valence-electron chi connectivity index (χ1n) is 14.1. The minimum atomic E-state index is -0.305. The fraction of sp³-hybridized carbons (Fsp3) is 0.273. The Balaban J connectivity index is 1.26. The molecule has 3 aromatic carbocycles. The van der Waals surface area contributed by atoms with Crippen LogP contribution in [0.25, 0.3) is 11.3 Å². The van der Waals surface area contributed by atoms with Gasteiger partial charge < -0.3 is 15.1 Å². The molecule has 0 radical (unpaired) electrons. The lowest BCUT2D eigenvalue weighted by atomic mass is 9.93. The summed E-state index contributed by atoms with van der Waals surface area (Å²) in [4.78, 5) is 31.6. The number of piperidine rings is 1. The van der Waals surface area contributed by atoms with Crippen molar-refractivity contribution < 1.29 is 9.18 Å². The van der Waals surface area contributed by atoms with Crippen molar-refractivity contribution in [2.45, 2.75) is 29.9 Å². The summed E-state index contributed by atoms with van der Waals surface area (Å²) in [7, 11) is 4.02. The second kappa shape index (κ2) is 12.3. The molecule has 3 heterocycles. The van der Waals surface area contributed by atoms with E-state index < -0.39 is 0 Å². The SMILES string of the molecule is CN1CCC(N(C)C(=O)c2ccc(Nc3ncc4c(n3)-c3ccc(CI)cc3C(c3ccccc3F)=NC4)cc2)CC1. The zero-order chi connectivity index (χ0) is 29.2. The molecular weight excluding hydrogens is 642 g/mol. The zero-order valence-corrected chi connectivity index (χ0v) is 25.8. The first-order valence-corrected chi connectivity index (χ1v) is 15.6. The standard InChI is InChI=1S/C33H32FIN6O/c1-40-15-13-25(14-16-40)41(2)32(42)22-8-10-24(11-9-22)38-33-37-20-23-19-36-31(27-5-3-4-6-29(27)34)28-17-21(18-35)7-12-26(28)30(23)39-33/h3-12,17,20,25H,13-16,18-19H2,1-2H3,(H,37,38,39). The van der Waals surface area contributed by atoms with Gasteiger partial charge in [0.2, 0.25) is 5.95 Å². The first-order chi connectivity index (χ1) is 20.4. The number of halogens is 2. The van der Waals surface area contributed by atoms with Gasteiger partial charge in [0.1, 0.15) is 5.82 Å².